The van der Waals surface area contributed by atoms with Crippen LogP contribution in [-0.4, -0.2) is 0 Å². The predicted octanol–water partition coefficient (Wildman–Crippen LogP) is 7.09. The monoisotopic (exact) mass is 370 g/mol. The third kappa shape index (κ3) is 4.27. The van der Waals surface area contributed by atoms with Gasteiger partial charge in [-0.15, -0.1) is 0 Å². The summed E-state index contributed by atoms with van der Waals surface area (Å²) in [6.45, 7) is 1.98. The molecule has 0 N–H and O–H groups in total. The van der Waals surface area contributed by atoms with Crippen LogP contribution in [0.5, 0.6) is 0 Å². The molecule has 4 heteroatoms. The number of hydrogen-bond donors (Lipinski definition) is 0. The lowest BCUT2D eigenvalue weighted by Crippen LogP contribution is -1.94. The van der Waals surface area contributed by atoms with Crippen LogP contribution >= 0.6 is 0 Å². The molecule has 0 fully saturated rings. The molecule has 0 nitrogen and oxygen atoms in total. The van der Waals surface area contributed by atoms with Gasteiger partial charge in [0.25, 0.3) is 0 Å². The Hall–Kier alpha value is -2.88. The number of halogens is 4. The molecule has 0 aliphatic heterocycles. The third-order valence-electron chi connectivity index (χ3n) is 4.39. The first-order valence-corrected chi connectivity index (χ1v) is 8.64. The number of aryl methyl sites for hydroxylation is 1. The summed E-state index contributed by atoms with van der Waals surface area (Å²) in [5.41, 5.74) is 2.64. The average Bonchev–Trinajstić information content (AvgIpc) is 2.66. The molecule has 0 saturated carbocycles. The van der Waals surface area contributed by atoms with Crippen molar-refractivity contribution in [3.8, 4) is 22.3 Å². The van der Waals surface area contributed by atoms with Crippen molar-refractivity contribution in [2.45, 2.75) is 19.8 Å². The number of allylic oxidation sites excluding steroid dienone is 2. The Balaban J connectivity index is 1.86. The van der Waals surface area contributed by atoms with Crippen LogP contribution in [0.3, 0.4) is 0 Å². The summed E-state index contributed by atoms with van der Waals surface area (Å²) in [5, 5.41) is 0. The van der Waals surface area contributed by atoms with E-state index < -0.39 is 23.3 Å². The summed E-state index contributed by atoms with van der Waals surface area (Å²) in [6.07, 6.45) is 6.00. The Kier molecular flexibility index (Phi) is 5.75. The zero-order valence-corrected chi connectivity index (χ0v) is 14.8. The zero-order chi connectivity index (χ0) is 19.4. The lowest BCUT2D eigenvalue weighted by atomic mass is 9.98. The first kappa shape index (κ1) is 18.9. The molecular weight excluding hydrogens is 352 g/mol. The fourth-order valence-corrected chi connectivity index (χ4v) is 2.92. The maximum Gasteiger partial charge on any atom is 0.194 e. The Morgan fingerprint density at radius 3 is 1.89 bits per heavy atom. The van der Waals surface area contributed by atoms with Crippen molar-refractivity contribution in [3.63, 3.8) is 0 Å². The predicted molar refractivity (Wildman–Crippen MR) is 100 cm³/mol. The van der Waals surface area contributed by atoms with Crippen molar-refractivity contribution in [1.29, 1.82) is 0 Å². The minimum Gasteiger partial charge on any atom is -0.206 e. The van der Waals surface area contributed by atoms with Crippen LogP contribution in [-0.2, 0) is 6.42 Å². The highest BCUT2D eigenvalue weighted by Crippen LogP contribution is 2.30. The molecule has 0 atom stereocenters. The van der Waals surface area contributed by atoms with Crippen molar-refractivity contribution >= 4 is 0 Å². The molecule has 0 radical (unpaired) electrons. The molecule has 0 amide bonds. The third-order valence-corrected chi connectivity index (χ3v) is 4.39. The van der Waals surface area contributed by atoms with Gasteiger partial charge in [-0.2, -0.15) is 0 Å². The van der Waals surface area contributed by atoms with Crippen LogP contribution in [0.2, 0.25) is 0 Å². The number of benzene rings is 3. The van der Waals surface area contributed by atoms with Gasteiger partial charge in [-0.25, -0.2) is 17.6 Å². The average molecular weight is 370 g/mol. The fourth-order valence-electron chi connectivity index (χ4n) is 2.92. The molecule has 27 heavy (non-hydrogen) atoms. The van der Waals surface area contributed by atoms with Gasteiger partial charge in [0, 0.05) is 5.56 Å². The van der Waals surface area contributed by atoms with E-state index in [4.69, 9.17) is 0 Å². The Morgan fingerprint density at radius 2 is 1.30 bits per heavy atom. The Morgan fingerprint density at radius 1 is 0.704 bits per heavy atom. The van der Waals surface area contributed by atoms with Crippen LogP contribution in [0.15, 0.2) is 66.7 Å². The lowest BCUT2D eigenvalue weighted by molar-refractivity contribution is 0.447. The van der Waals surface area contributed by atoms with Crippen molar-refractivity contribution < 1.29 is 17.6 Å². The van der Waals surface area contributed by atoms with E-state index in [-0.39, 0.29) is 11.1 Å². The number of hydrogen-bond acceptors (Lipinski definition) is 0. The zero-order valence-electron chi connectivity index (χ0n) is 14.8. The van der Waals surface area contributed by atoms with Crippen LogP contribution in [0.1, 0.15) is 18.9 Å². The standard InChI is InChI=1S/C23H18F4/c1-2-3-4-5-15-6-8-16(9-7-15)17-10-11-19(20(24)12-17)18-13-21(25)23(27)22(26)14-18/h2-3,6-14H,4-5H2,1H3/b3-2+. The molecule has 3 rings (SSSR count). The first-order valence-electron chi connectivity index (χ1n) is 8.64. The second-order valence-corrected chi connectivity index (χ2v) is 6.25. The molecule has 0 aliphatic carbocycles. The van der Waals surface area contributed by atoms with Crippen LogP contribution < -0.4 is 0 Å². The Bertz CT molecular complexity index is 949. The second kappa shape index (κ2) is 8.21. The molecular formula is C23H18F4. The van der Waals surface area contributed by atoms with Gasteiger partial charge in [0.05, 0.1) is 0 Å². The van der Waals surface area contributed by atoms with E-state index in [1.165, 1.54) is 17.7 Å². The second-order valence-electron chi connectivity index (χ2n) is 6.25. The number of rotatable bonds is 5. The molecule has 3 aromatic carbocycles. The van der Waals surface area contributed by atoms with E-state index in [0.29, 0.717) is 5.56 Å². The van der Waals surface area contributed by atoms with E-state index >= 15 is 0 Å². The molecule has 0 saturated heterocycles. The summed E-state index contributed by atoms with van der Waals surface area (Å²) in [6, 6.07) is 13.8. The molecule has 0 aromatic heterocycles. The highest BCUT2D eigenvalue weighted by Gasteiger charge is 2.14. The largest absolute Gasteiger partial charge is 0.206 e. The highest BCUT2D eigenvalue weighted by molar-refractivity contribution is 5.71. The summed E-state index contributed by atoms with van der Waals surface area (Å²) in [4.78, 5) is 0. The minimum absolute atomic E-state index is 0.0134. The SMILES string of the molecule is C/C=C/CCc1ccc(-c2ccc(-c3cc(F)c(F)c(F)c3)c(F)c2)cc1. The molecule has 0 unspecified atom stereocenters. The van der Waals surface area contributed by atoms with Gasteiger partial charge < -0.3 is 0 Å². The lowest BCUT2D eigenvalue weighted by Gasteiger charge is -2.09. The molecule has 138 valence electrons. The van der Waals surface area contributed by atoms with Crippen molar-refractivity contribution in [3.05, 3.63) is 95.6 Å². The highest BCUT2D eigenvalue weighted by atomic mass is 19.2. The van der Waals surface area contributed by atoms with E-state index in [2.05, 4.69) is 6.08 Å². The van der Waals surface area contributed by atoms with Gasteiger partial charge in [-0.1, -0.05) is 48.6 Å². The maximum absolute atomic E-state index is 14.5. The topological polar surface area (TPSA) is 0 Å². The quantitative estimate of drug-likeness (QED) is 0.256. The summed E-state index contributed by atoms with van der Waals surface area (Å²) >= 11 is 0. The van der Waals surface area contributed by atoms with Gasteiger partial charge >= 0.3 is 0 Å². The molecule has 3 aromatic rings. The molecule has 0 heterocycles. The first-order chi connectivity index (χ1) is 13.0. The minimum atomic E-state index is -1.56. The summed E-state index contributed by atoms with van der Waals surface area (Å²) in [5.74, 6) is -4.88. The fraction of sp³-hybridized carbons (Fsp3) is 0.130. The smallest absolute Gasteiger partial charge is 0.194 e. The van der Waals surface area contributed by atoms with E-state index in [9.17, 15) is 17.6 Å². The van der Waals surface area contributed by atoms with E-state index in [0.717, 1.165) is 30.5 Å². The van der Waals surface area contributed by atoms with Crippen molar-refractivity contribution in [1.82, 2.24) is 0 Å². The van der Waals surface area contributed by atoms with E-state index in [1.807, 2.05) is 37.3 Å². The normalized spacial score (nSPS) is 11.3. The van der Waals surface area contributed by atoms with Crippen LogP contribution in [0.25, 0.3) is 22.3 Å². The van der Waals surface area contributed by atoms with Crippen LogP contribution in [0.4, 0.5) is 17.6 Å². The van der Waals surface area contributed by atoms with Crippen molar-refractivity contribution in [2.75, 3.05) is 0 Å². The molecule has 0 aliphatic rings. The Labute approximate surface area is 155 Å². The summed E-state index contributed by atoms with van der Waals surface area (Å²) in [7, 11) is 0. The summed E-state index contributed by atoms with van der Waals surface area (Å²) < 4.78 is 54.4. The van der Waals surface area contributed by atoms with Gasteiger partial charge in [-0.05, 0) is 60.2 Å². The van der Waals surface area contributed by atoms with Gasteiger partial charge in [0.15, 0.2) is 17.5 Å². The van der Waals surface area contributed by atoms with Gasteiger partial charge in [0.1, 0.15) is 5.82 Å². The maximum atomic E-state index is 14.5. The van der Waals surface area contributed by atoms with E-state index in [1.54, 1.807) is 6.07 Å². The molecule has 0 bridgehead atoms. The van der Waals surface area contributed by atoms with Crippen LogP contribution in [0, 0.1) is 23.3 Å². The van der Waals surface area contributed by atoms with Crippen molar-refractivity contribution in [2.24, 2.45) is 0 Å². The molecule has 0 spiro atoms. The van der Waals surface area contributed by atoms with Gasteiger partial charge in [0.2, 0.25) is 0 Å². The van der Waals surface area contributed by atoms with Gasteiger partial charge in [-0.3, -0.25) is 0 Å².